The van der Waals surface area contributed by atoms with Crippen LogP contribution in [0.15, 0.2) is 70.6 Å². The summed E-state index contributed by atoms with van der Waals surface area (Å²) in [4.78, 5) is 25.1. The van der Waals surface area contributed by atoms with Crippen molar-refractivity contribution in [3.8, 4) is 5.75 Å². The molecule has 1 heterocycles. The van der Waals surface area contributed by atoms with Crippen molar-refractivity contribution in [3.63, 3.8) is 0 Å². The summed E-state index contributed by atoms with van der Waals surface area (Å²) in [7, 11) is 3.17. The van der Waals surface area contributed by atoms with Crippen LogP contribution in [-0.2, 0) is 7.05 Å². The SMILES string of the molecule is CC/C(=N/NC(=O)c1nn(C)c(=O)c2ccccc12)c1ccc2cc(OC)ccc2c1. The Morgan fingerprint density at radius 2 is 1.77 bits per heavy atom. The molecule has 0 fully saturated rings. The highest BCUT2D eigenvalue weighted by atomic mass is 16.5. The molecule has 31 heavy (non-hydrogen) atoms. The van der Waals surface area contributed by atoms with E-state index < -0.39 is 5.91 Å². The maximum absolute atomic E-state index is 12.8. The number of carbonyl (C=O) groups is 1. The molecule has 0 aliphatic carbocycles. The number of hydrogen-bond acceptors (Lipinski definition) is 5. The third-order valence-corrected chi connectivity index (χ3v) is 5.18. The van der Waals surface area contributed by atoms with Crippen LogP contribution >= 0.6 is 0 Å². The Morgan fingerprint density at radius 1 is 1.06 bits per heavy atom. The van der Waals surface area contributed by atoms with Crippen molar-refractivity contribution in [2.75, 3.05) is 7.11 Å². The van der Waals surface area contributed by atoms with Gasteiger partial charge >= 0.3 is 0 Å². The first kappa shape index (κ1) is 20.3. The zero-order valence-electron chi connectivity index (χ0n) is 17.5. The predicted molar refractivity (Wildman–Crippen MR) is 122 cm³/mol. The fourth-order valence-corrected chi connectivity index (χ4v) is 3.52. The summed E-state index contributed by atoms with van der Waals surface area (Å²) in [5.74, 6) is 0.331. The molecule has 7 heteroatoms. The average molecular weight is 414 g/mol. The standard InChI is InChI=1S/C24H22N4O3/c1-4-21(17-10-9-16-14-18(31-3)12-11-15(16)13-17)25-26-23(29)22-19-7-5-6-8-20(19)24(30)28(2)27-22/h5-14H,4H2,1-3H3,(H,26,29)/b25-21-. The molecule has 0 aliphatic rings. The maximum Gasteiger partial charge on any atom is 0.292 e. The van der Waals surface area contributed by atoms with Gasteiger partial charge in [0, 0.05) is 12.4 Å². The van der Waals surface area contributed by atoms with Crippen LogP contribution < -0.4 is 15.7 Å². The van der Waals surface area contributed by atoms with E-state index in [0.717, 1.165) is 27.8 Å². The van der Waals surface area contributed by atoms with Gasteiger partial charge in [0.25, 0.3) is 11.5 Å². The summed E-state index contributed by atoms with van der Waals surface area (Å²) >= 11 is 0. The molecule has 0 spiro atoms. The van der Waals surface area contributed by atoms with E-state index in [9.17, 15) is 9.59 Å². The van der Waals surface area contributed by atoms with Gasteiger partial charge in [-0.05, 0) is 47.0 Å². The Morgan fingerprint density at radius 3 is 2.52 bits per heavy atom. The fourth-order valence-electron chi connectivity index (χ4n) is 3.52. The van der Waals surface area contributed by atoms with Crippen LogP contribution in [-0.4, -0.2) is 28.5 Å². The summed E-state index contributed by atoms with van der Waals surface area (Å²) in [6, 6.07) is 18.8. The second-order valence-corrected chi connectivity index (χ2v) is 7.10. The lowest BCUT2D eigenvalue weighted by Crippen LogP contribution is -2.27. The van der Waals surface area contributed by atoms with Gasteiger partial charge in [-0.15, -0.1) is 0 Å². The van der Waals surface area contributed by atoms with Crippen LogP contribution in [0.4, 0.5) is 0 Å². The first-order valence-electron chi connectivity index (χ1n) is 9.93. The molecule has 0 bridgehead atoms. The van der Waals surface area contributed by atoms with E-state index in [1.54, 1.807) is 31.4 Å². The van der Waals surface area contributed by atoms with Gasteiger partial charge in [0.15, 0.2) is 5.69 Å². The quantitative estimate of drug-likeness (QED) is 0.399. The minimum Gasteiger partial charge on any atom is -0.497 e. The minimum atomic E-state index is -0.469. The molecule has 0 saturated heterocycles. The lowest BCUT2D eigenvalue weighted by Gasteiger charge is -2.09. The molecule has 3 aromatic carbocycles. The van der Waals surface area contributed by atoms with Crippen molar-refractivity contribution in [1.29, 1.82) is 0 Å². The molecule has 1 aromatic heterocycles. The Kier molecular flexibility index (Phi) is 5.49. The number of aromatic nitrogens is 2. The van der Waals surface area contributed by atoms with Crippen molar-refractivity contribution in [3.05, 3.63) is 82.3 Å². The number of hydrogen-bond donors (Lipinski definition) is 1. The number of benzene rings is 3. The number of ether oxygens (including phenoxy) is 1. The highest BCUT2D eigenvalue weighted by Gasteiger charge is 2.15. The minimum absolute atomic E-state index is 0.155. The van der Waals surface area contributed by atoms with E-state index in [0.29, 0.717) is 17.2 Å². The zero-order valence-corrected chi connectivity index (χ0v) is 17.5. The average Bonchev–Trinajstić information content (AvgIpc) is 2.81. The number of nitrogens with one attached hydrogen (secondary N) is 1. The number of fused-ring (bicyclic) bond motifs is 2. The number of nitrogens with zero attached hydrogens (tertiary/aromatic N) is 3. The van der Waals surface area contributed by atoms with Crippen molar-refractivity contribution in [2.24, 2.45) is 12.1 Å². The lowest BCUT2D eigenvalue weighted by molar-refractivity contribution is 0.0949. The summed E-state index contributed by atoms with van der Waals surface area (Å²) in [5.41, 5.74) is 4.16. The molecule has 4 rings (SSSR count). The summed E-state index contributed by atoms with van der Waals surface area (Å²) in [5, 5.41) is 11.5. The van der Waals surface area contributed by atoms with Crippen molar-refractivity contribution in [2.45, 2.75) is 13.3 Å². The third-order valence-electron chi connectivity index (χ3n) is 5.18. The normalized spacial score (nSPS) is 11.6. The topological polar surface area (TPSA) is 85.6 Å². The second kappa shape index (κ2) is 8.39. The van der Waals surface area contributed by atoms with Crippen LogP contribution in [0.25, 0.3) is 21.5 Å². The Balaban J connectivity index is 1.66. The molecule has 156 valence electrons. The lowest BCUT2D eigenvalue weighted by atomic mass is 10.0. The van der Waals surface area contributed by atoms with Gasteiger partial charge in [-0.2, -0.15) is 10.2 Å². The van der Waals surface area contributed by atoms with Gasteiger partial charge in [0.2, 0.25) is 0 Å². The molecule has 1 amide bonds. The monoisotopic (exact) mass is 414 g/mol. The van der Waals surface area contributed by atoms with Crippen LogP contribution in [0.3, 0.4) is 0 Å². The van der Waals surface area contributed by atoms with E-state index in [-0.39, 0.29) is 11.3 Å². The number of carbonyl (C=O) groups excluding carboxylic acids is 1. The molecule has 0 unspecified atom stereocenters. The maximum atomic E-state index is 12.8. The van der Waals surface area contributed by atoms with Gasteiger partial charge in [-0.3, -0.25) is 9.59 Å². The van der Waals surface area contributed by atoms with Gasteiger partial charge in [0.05, 0.1) is 18.2 Å². The molecular formula is C24H22N4O3. The Hall–Kier alpha value is -4.00. The van der Waals surface area contributed by atoms with Gasteiger partial charge < -0.3 is 4.74 Å². The first-order chi connectivity index (χ1) is 15.0. The van der Waals surface area contributed by atoms with E-state index in [4.69, 9.17) is 4.74 Å². The molecule has 4 aromatic rings. The predicted octanol–water partition coefficient (Wildman–Crippen LogP) is 3.64. The number of hydrazone groups is 1. The number of aryl methyl sites for hydroxylation is 1. The Labute approximate surface area is 179 Å². The highest BCUT2D eigenvalue weighted by Crippen LogP contribution is 2.22. The summed E-state index contributed by atoms with van der Waals surface area (Å²) in [6.45, 7) is 1.98. The highest BCUT2D eigenvalue weighted by molar-refractivity contribution is 6.07. The molecule has 7 nitrogen and oxygen atoms in total. The fraction of sp³-hybridized carbons (Fsp3) is 0.167. The largest absolute Gasteiger partial charge is 0.497 e. The summed E-state index contributed by atoms with van der Waals surface area (Å²) in [6.07, 6.45) is 0.628. The molecule has 0 radical (unpaired) electrons. The van der Waals surface area contributed by atoms with Crippen LogP contribution in [0.2, 0.25) is 0 Å². The van der Waals surface area contributed by atoms with Crippen LogP contribution in [0.5, 0.6) is 5.75 Å². The van der Waals surface area contributed by atoms with Crippen LogP contribution in [0.1, 0.15) is 29.4 Å². The van der Waals surface area contributed by atoms with Crippen molar-refractivity contribution in [1.82, 2.24) is 15.2 Å². The molecule has 1 N–H and O–H groups in total. The molecule has 0 atom stereocenters. The molecular weight excluding hydrogens is 392 g/mol. The third kappa shape index (κ3) is 3.90. The number of methoxy groups -OCH3 is 1. The second-order valence-electron chi connectivity index (χ2n) is 7.10. The molecule has 0 saturated carbocycles. The number of amides is 1. The van der Waals surface area contributed by atoms with Crippen molar-refractivity contribution >= 4 is 33.2 Å². The van der Waals surface area contributed by atoms with Crippen molar-refractivity contribution < 1.29 is 9.53 Å². The van der Waals surface area contributed by atoms with Crippen LogP contribution in [0, 0.1) is 0 Å². The number of rotatable bonds is 5. The van der Waals surface area contributed by atoms with E-state index >= 15 is 0 Å². The Bertz CT molecular complexity index is 1390. The van der Waals surface area contributed by atoms with E-state index in [2.05, 4.69) is 15.6 Å². The zero-order chi connectivity index (χ0) is 22.0. The van der Waals surface area contributed by atoms with Gasteiger partial charge in [-0.1, -0.05) is 43.3 Å². The van der Waals surface area contributed by atoms with E-state index in [1.165, 1.54) is 11.7 Å². The molecule has 0 aliphatic heterocycles. The van der Waals surface area contributed by atoms with Gasteiger partial charge in [-0.25, -0.2) is 10.1 Å². The first-order valence-corrected chi connectivity index (χ1v) is 9.93. The smallest absolute Gasteiger partial charge is 0.292 e. The summed E-state index contributed by atoms with van der Waals surface area (Å²) < 4.78 is 6.44. The van der Waals surface area contributed by atoms with Gasteiger partial charge in [0.1, 0.15) is 5.75 Å². The van der Waals surface area contributed by atoms with E-state index in [1.807, 2.05) is 43.3 Å².